The Bertz CT molecular complexity index is 1070. The zero-order chi connectivity index (χ0) is 16.1. The monoisotopic (exact) mass is 343 g/mol. The van der Waals surface area contributed by atoms with Crippen molar-refractivity contribution in [1.82, 2.24) is 24.5 Å². The number of hydrogen-bond acceptors (Lipinski definition) is 4. The molecule has 0 aliphatic carbocycles. The number of pyridine rings is 3. The van der Waals surface area contributed by atoms with Crippen molar-refractivity contribution in [2.45, 2.75) is 6.92 Å². The molecule has 4 rings (SSSR count). The van der Waals surface area contributed by atoms with Crippen LogP contribution in [-0.2, 0) is 7.05 Å². The summed E-state index contributed by atoms with van der Waals surface area (Å²) in [6, 6.07) is 5.53. The van der Waals surface area contributed by atoms with Crippen molar-refractivity contribution in [3.8, 4) is 11.5 Å². The van der Waals surface area contributed by atoms with E-state index < -0.39 is 0 Å². The van der Waals surface area contributed by atoms with Crippen molar-refractivity contribution >= 4 is 45.3 Å². The molecule has 4 aromatic rings. The van der Waals surface area contributed by atoms with Crippen LogP contribution in [0, 0.1) is 6.92 Å². The number of halogens is 2. The van der Waals surface area contributed by atoms with Gasteiger partial charge in [0.2, 0.25) is 0 Å². The van der Waals surface area contributed by atoms with E-state index in [0.717, 1.165) is 22.1 Å². The Labute approximate surface area is 141 Å². The van der Waals surface area contributed by atoms with Crippen LogP contribution in [0.3, 0.4) is 0 Å². The highest BCUT2D eigenvalue weighted by molar-refractivity contribution is 6.34. The molecule has 7 heteroatoms. The first-order valence-corrected chi connectivity index (χ1v) is 7.70. The van der Waals surface area contributed by atoms with E-state index in [0.29, 0.717) is 27.2 Å². The summed E-state index contributed by atoms with van der Waals surface area (Å²) >= 11 is 12.4. The van der Waals surface area contributed by atoms with Crippen LogP contribution < -0.4 is 0 Å². The minimum absolute atomic E-state index is 0.504. The van der Waals surface area contributed by atoms with Crippen molar-refractivity contribution in [2.75, 3.05) is 0 Å². The molecule has 0 aliphatic rings. The maximum Gasteiger partial charge on any atom is 0.161 e. The maximum atomic E-state index is 6.42. The molecule has 0 spiro atoms. The van der Waals surface area contributed by atoms with Crippen LogP contribution in [-0.4, -0.2) is 24.5 Å². The number of hydrogen-bond donors (Lipinski definition) is 0. The van der Waals surface area contributed by atoms with Crippen molar-refractivity contribution < 1.29 is 0 Å². The molecule has 0 bridgehead atoms. The van der Waals surface area contributed by atoms with E-state index in [1.807, 2.05) is 24.6 Å². The molecule has 114 valence electrons. The molecule has 0 saturated carbocycles. The predicted octanol–water partition coefficient (Wildman–Crippen LogP) is 4.19. The smallest absolute Gasteiger partial charge is 0.161 e. The molecule has 0 N–H and O–H groups in total. The van der Waals surface area contributed by atoms with Gasteiger partial charge in [-0.1, -0.05) is 23.2 Å². The maximum absolute atomic E-state index is 6.42. The van der Waals surface area contributed by atoms with Crippen LogP contribution in [0.1, 0.15) is 5.69 Å². The van der Waals surface area contributed by atoms with E-state index in [4.69, 9.17) is 23.2 Å². The SMILES string of the molecule is Cc1cc2nc(-c3nc4ncc(Cl)cc4cc3Cl)n(C)c2cn1. The van der Waals surface area contributed by atoms with Gasteiger partial charge >= 0.3 is 0 Å². The summed E-state index contributed by atoms with van der Waals surface area (Å²) in [5, 5.41) is 1.85. The van der Waals surface area contributed by atoms with Gasteiger partial charge in [-0.3, -0.25) is 4.98 Å². The highest BCUT2D eigenvalue weighted by atomic mass is 35.5. The fourth-order valence-corrected chi connectivity index (χ4v) is 2.98. The molecule has 0 saturated heterocycles. The van der Waals surface area contributed by atoms with E-state index in [1.54, 1.807) is 24.5 Å². The normalized spacial score (nSPS) is 11.5. The number of aromatic nitrogens is 5. The Hall–Kier alpha value is -2.24. The first-order chi connectivity index (χ1) is 11.0. The molecule has 0 amide bonds. The largest absolute Gasteiger partial charge is 0.324 e. The van der Waals surface area contributed by atoms with E-state index in [-0.39, 0.29) is 0 Å². The summed E-state index contributed by atoms with van der Waals surface area (Å²) in [6.45, 7) is 1.93. The third-order valence-corrected chi connectivity index (χ3v) is 4.20. The Morgan fingerprint density at radius 1 is 1.00 bits per heavy atom. The number of aryl methyl sites for hydroxylation is 2. The first-order valence-electron chi connectivity index (χ1n) is 6.94. The van der Waals surface area contributed by atoms with Crippen LogP contribution in [0.15, 0.2) is 30.6 Å². The lowest BCUT2D eigenvalue weighted by molar-refractivity contribution is 0.948. The zero-order valence-electron chi connectivity index (χ0n) is 12.4. The van der Waals surface area contributed by atoms with Crippen molar-refractivity contribution in [1.29, 1.82) is 0 Å². The topological polar surface area (TPSA) is 56.5 Å². The lowest BCUT2D eigenvalue weighted by Gasteiger charge is -2.06. The summed E-state index contributed by atoms with van der Waals surface area (Å²) in [5.74, 6) is 0.677. The van der Waals surface area contributed by atoms with E-state index in [2.05, 4.69) is 19.9 Å². The average Bonchev–Trinajstić information content (AvgIpc) is 2.82. The molecule has 0 aliphatic heterocycles. The summed E-state index contributed by atoms with van der Waals surface area (Å²) < 4.78 is 1.93. The molecule has 0 unspecified atom stereocenters. The predicted molar refractivity (Wildman–Crippen MR) is 91.8 cm³/mol. The third kappa shape index (κ3) is 2.33. The Morgan fingerprint density at radius 3 is 2.65 bits per heavy atom. The molecular weight excluding hydrogens is 333 g/mol. The van der Waals surface area contributed by atoms with Gasteiger partial charge in [0.15, 0.2) is 11.5 Å². The van der Waals surface area contributed by atoms with Gasteiger partial charge in [0.05, 0.1) is 27.3 Å². The Balaban J connectivity index is 2.00. The second kappa shape index (κ2) is 5.15. The minimum Gasteiger partial charge on any atom is -0.324 e. The minimum atomic E-state index is 0.504. The molecule has 4 aromatic heterocycles. The van der Waals surface area contributed by atoms with Gasteiger partial charge in [0, 0.05) is 24.3 Å². The number of fused-ring (bicyclic) bond motifs is 2. The van der Waals surface area contributed by atoms with Gasteiger partial charge in [0.1, 0.15) is 5.69 Å². The zero-order valence-corrected chi connectivity index (χ0v) is 13.9. The van der Waals surface area contributed by atoms with Crippen LogP contribution in [0.2, 0.25) is 10.0 Å². The molecule has 23 heavy (non-hydrogen) atoms. The van der Waals surface area contributed by atoms with Gasteiger partial charge in [-0.05, 0) is 25.1 Å². The van der Waals surface area contributed by atoms with E-state index in [9.17, 15) is 0 Å². The highest BCUT2D eigenvalue weighted by Crippen LogP contribution is 2.30. The van der Waals surface area contributed by atoms with Crippen LogP contribution in [0.4, 0.5) is 0 Å². The van der Waals surface area contributed by atoms with E-state index >= 15 is 0 Å². The van der Waals surface area contributed by atoms with Crippen LogP contribution in [0.25, 0.3) is 33.6 Å². The van der Waals surface area contributed by atoms with Crippen molar-refractivity contribution in [3.05, 3.63) is 46.3 Å². The standard InChI is InChI=1S/C16H11Cl2N5/c1-8-3-12-13(7-19-8)23(2)16(21-12)14-11(18)5-9-4-10(17)6-20-15(9)22-14/h3-7H,1-2H3. The van der Waals surface area contributed by atoms with Gasteiger partial charge in [0.25, 0.3) is 0 Å². The summed E-state index contributed by atoms with van der Waals surface area (Å²) in [5.41, 5.74) is 3.86. The number of imidazole rings is 1. The molecular formula is C16H11Cl2N5. The lowest BCUT2D eigenvalue weighted by Crippen LogP contribution is -1.97. The van der Waals surface area contributed by atoms with Gasteiger partial charge < -0.3 is 4.57 Å². The average molecular weight is 344 g/mol. The third-order valence-electron chi connectivity index (χ3n) is 3.70. The van der Waals surface area contributed by atoms with Crippen molar-refractivity contribution in [2.24, 2.45) is 7.05 Å². The highest BCUT2D eigenvalue weighted by Gasteiger charge is 2.16. The van der Waals surface area contributed by atoms with Crippen molar-refractivity contribution in [3.63, 3.8) is 0 Å². The quantitative estimate of drug-likeness (QED) is 0.519. The fourth-order valence-electron chi connectivity index (χ4n) is 2.57. The molecule has 0 radical (unpaired) electrons. The van der Waals surface area contributed by atoms with E-state index in [1.165, 1.54) is 0 Å². The molecule has 4 heterocycles. The number of rotatable bonds is 1. The molecule has 0 fully saturated rings. The molecule has 0 aromatic carbocycles. The Morgan fingerprint density at radius 2 is 1.83 bits per heavy atom. The first kappa shape index (κ1) is 14.4. The number of nitrogens with zero attached hydrogens (tertiary/aromatic N) is 5. The molecule has 0 atom stereocenters. The fraction of sp³-hybridized carbons (Fsp3) is 0.125. The van der Waals surface area contributed by atoms with Gasteiger partial charge in [-0.15, -0.1) is 0 Å². The van der Waals surface area contributed by atoms with Gasteiger partial charge in [-0.25, -0.2) is 15.0 Å². The van der Waals surface area contributed by atoms with Gasteiger partial charge in [-0.2, -0.15) is 0 Å². The van der Waals surface area contributed by atoms with Crippen LogP contribution in [0.5, 0.6) is 0 Å². The second-order valence-corrected chi connectivity index (χ2v) is 6.17. The lowest BCUT2D eigenvalue weighted by atomic mass is 10.2. The summed E-state index contributed by atoms with van der Waals surface area (Å²) in [7, 11) is 1.92. The Kier molecular flexibility index (Phi) is 3.21. The van der Waals surface area contributed by atoms with Crippen LogP contribution >= 0.6 is 23.2 Å². The second-order valence-electron chi connectivity index (χ2n) is 5.33. The molecule has 5 nitrogen and oxygen atoms in total. The summed E-state index contributed by atoms with van der Waals surface area (Å²) in [6.07, 6.45) is 3.37. The summed E-state index contributed by atoms with van der Waals surface area (Å²) in [4.78, 5) is 17.8.